The number of nitrogens with zero attached hydrogens (tertiary/aromatic N) is 1. The molecule has 0 spiro atoms. The number of benzene rings is 1. The number of aliphatic hydroxyl groups is 1. The number of thiophene rings is 1. The maximum Gasteiger partial charge on any atom is 0.180 e. The number of piperidine rings is 1. The number of sulfone groups is 1. The molecule has 8 heteroatoms. The van der Waals surface area contributed by atoms with Crippen LogP contribution in [-0.2, 0) is 22.7 Å². The molecule has 2 heterocycles. The highest BCUT2D eigenvalue weighted by Gasteiger charge is 2.28. The first kappa shape index (κ1) is 29.4. The van der Waals surface area contributed by atoms with Crippen molar-refractivity contribution in [3.63, 3.8) is 0 Å². The van der Waals surface area contributed by atoms with Crippen LogP contribution in [0.2, 0.25) is 0 Å². The number of rotatable bonds is 11. The second kappa shape index (κ2) is 14.6. The van der Waals surface area contributed by atoms with Gasteiger partial charge in [0, 0.05) is 53.8 Å². The van der Waals surface area contributed by atoms with Crippen LogP contribution >= 0.6 is 11.3 Å². The van der Waals surface area contributed by atoms with E-state index in [4.69, 9.17) is 5.73 Å². The zero-order chi connectivity index (χ0) is 25.8. The van der Waals surface area contributed by atoms with Crippen molar-refractivity contribution < 1.29 is 13.5 Å². The van der Waals surface area contributed by atoms with E-state index >= 15 is 0 Å². The lowest BCUT2D eigenvalue weighted by molar-refractivity contribution is 0.158. The molecule has 1 fully saturated rings. The summed E-state index contributed by atoms with van der Waals surface area (Å²) in [7, 11) is -3.29. The highest BCUT2D eigenvalue weighted by atomic mass is 32.2. The molecule has 2 aromatic rings. The molecule has 1 unspecified atom stereocenters. The lowest BCUT2D eigenvalue weighted by Gasteiger charge is -2.38. The Kier molecular flexibility index (Phi) is 12.3. The van der Waals surface area contributed by atoms with Gasteiger partial charge in [0.1, 0.15) is 0 Å². The standard InChI is InChI=1S/C25H37N3O3S2.C2H6/c1-3-22-16-24(25(32-22)10-13-29)20-9-12-28(19(2)15-20)18-21(26)17-27-11-14-33(30,31)23-7-5-4-6-8-23;1-2/h4-8,16-17,19-20,27,29H,3,9-15,18,26H2,1-2H3;1-2H3/b21-17-;/t19-,20?;/m0./s1. The number of nitrogens with one attached hydrogen (secondary N) is 1. The summed E-state index contributed by atoms with van der Waals surface area (Å²) in [5.41, 5.74) is 8.38. The third kappa shape index (κ3) is 8.63. The van der Waals surface area contributed by atoms with E-state index in [-0.39, 0.29) is 12.4 Å². The summed E-state index contributed by atoms with van der Waals surface area (Å²) in [6, 6.07) is 11.3. The lowest BCUT2D eigenvalue weighted by atomic mass is 9.85. The molecule has 0 saturated carbocycles. The third-order valence-corrected chi connectivity index (χ3v) is 9.41. The van der Waals surface area contributed by atoms with Crippen molar-refractivity contribution in [1.29, 1.82) is 0 Å². The summed E-state index contributed by atoms with van der Waals surface area (Å²) in [5, 5.41) is 12.5. The van der Waals surface area contributed by atoms with E-state index in [9.17, 15) is 13.5 Å². The van der Waals surface area contributed by atoms with Gasteiger partial charge in [-0.3, -0.25) is 4.90 Å². The molecule has 0 aliphatic carbocycles. The predicted octanol–water partition coefficient (Wildman–Crippen LogP) is 4.30. The normalized spacial score (nSPS) is 19.2. The summed E-state index contributed by atoms with van der Waals surface area (Å²) in [5.74, 6) is 0.556. The van der Waals surface area contributed by atoms with Gasteiger partial charge in [-0.15, -0.1) is 11.3 Å². The van der Waals surface area contributed by atoms with Gasteiger partial charge in [0.05, 0.1) is 10.6 Å². The van der Waals surface area contributed by atoms with Gasteiger partial charge >= 0.3 is 0 Å². The predicted molar refractivity (Wildman–Crippen MR) is 148 cm³/mol. The molecule has 1 aliphatic rings. The third-order valence-electron chi connectivity index (χ3n) is 6.32. The molecule has 35 heavy (non-hydrogen) atoms. The second-order valence-electron chi connectivity index (χ2n) is 8.76. The Morgan fingerprint density at radius 2 is 2.00 bits per heavy atom. The first-order valence-corrected chi connectivity index (χ1v) is 15.2. The number of likely N-dealkylation sites (tertiary alicyclic amines) is 1. The van der Waals surface area contributed by atoms with E-state index in [1.54, 1.807) is 36.5 Å². The molecular weight excluding hydrogens is 478 g/mol. The summed E-state index contributed by atoms with van der Waals surface area (Å²) in [4.78, 5) is 5.48. The topological polar surface area (TPSA) is 95.7 Å². The minimum absolute atomic E-state index is 0.0269. The van der Waals surface area contributed by atoms with Crippen molar-refractivity contribution in [2.24, 2.45) is 5.73 Å². The minimum atomic E-state index is -3.29. The molecule has 2 atom stereocenters. The fourth-order valence-corrected chi connectivity index (χ4v) is 6.86. The quantitative estimate of drug-likeness (QED) is 0.382. The average Bonchev–Trinajstić information content (AvgIpc) is 3.28. The molecule has 4 N–H and O–H groups in total. The maximum absolute atomic E-state index is 12.4. The second-order valence-corrected chi connectivity index (χ2v) is 12.1. The van der Waals surface area contributed by atoms with Gasteiger partial charge in [0.25, 0.3) is 0 Å². The van der Waals surface area contributed by atoms with E-state index in [1.807, 2.05) is 25.2 Å². The molecule has 1 aliphatic heterocycles. The van der Waals surface area contributed by atoms with E-state index < -0.39 is 9.84 Å². The van der Waals surface area contributed by atoms with Crippen molar-refractivity contribution >= 4 is 21.2 Å². The van der Waals surface area contributed by atoms with Gasteiger partial charge in [0.15, 0.2) is 9.84 Å². The van der Waals surface area contributed by atoms with Crippen molar-refractivity contribution in [2.75, 3.05) is 32.0 Å². The Labute approximate surface area is 216 Å². The molecule has 0 radical (unpaired) electrons. The minimum Gasteiger partial charge on any atom is -0.400 e. The van der Waals surface area contributed by atoms with Gasteiger partial charge < -0.3 is 16.2 Å². The van der Waals surface area contributed by atoms with Crippen molar-refractivity contribution in [3.8, 4) is 0 Å². The lowest BCUT2D eigenvalue weighted by Crippen LogP contribution is -2.42. The fourth-order valence-electron chi connectivity index (χ4n) is 4.48. The summed E-state index contributed by atoms with van der Waals surface area (Å²) >= 11 is 1.85. The largest absolute Gasteiger partial charge is 0.400 e. The van der Waals surface area contributed by atoms with Crippen LogP contribution < -0.4 is 11.1 Å². The van der Waals surface area contributed by atoms with Crippen molar-refractivity contribution in [3.05, 3.63) is 63.6 Å². The smallest absolute Gasteiger partial charge is 0.180 e. The maximum atomic E-state index is 12.4. The number of aryl methyl sites for hydroxylation is 1. The number of nitrogens with two attached hydrogens (primary N) is 1. The van der Waals surface area contributed by atoms with Crippen LogP contribution in [0.15, 0.2) is 53.2 Å². The summed E-state index contributed by atoms with van der Waals surface area (Å²) < 4.78 is 24.7. The van der Waals surface area contributed by atoms with Gasteiger partial charge in [-0.2, -0.15) is 0 Å². The Bertz CT molecular complexity index is 1020. The van der Waals surface area contributed by atoms with Crippen LogP contribution in [-0.4, -0.2) is 56.5 Å². The zero-order valence-corrected chi connectivity index (χ0v) is 23.3. The van der Waals surface area contributed by atoms with Gasteiger partial charge in [-0.25, -0.2) is 8.42 Å². The number of hydrogen-bond acceptors (Lipinski definition) is 7. The molecule has 1 saturated heterocycles. The summed E-state index contributed by atoms with van der Waals surface area (Å²) in [6.07, 6.45) is 5.69. The Hall–Kier alpha value is -1.87. The first-order valence-electron chi connectivity index (χ1n) is 12.8. The fraction of sp³-hybridized carbons (Fsp3) is 0.556. The monoisotopic (exact) mass is 521 g/mol. The van der Waals surface area contributed by atoms with E-state index in [0.29, 0.717) is 35.6 Å². The van der Waals surface area contributed by atoms with Gasteiger partial charge in [-0.1, -0.05) is 39.0 Å². The van der Waals surface area contributed by atoms with Crippen LogP contribution in [0.1, 0.15) is 61.8 Å². The Morgan fingerprint density at radius 1 is 1.29 bits per heavy atom. The molecule has 0 bridgehead atoms. The molecular formula is C27H43N3O3S2. The summed E-state index contributed by atoms with van der Waals surface area (Å²) in [6.45, 7) is 10.6. The van der Waals surface area contributed by atoms with Gasteiger partial charge in [-0.05, 0) is 62.4 Å². The van der Waals surface area contributed by atoms with Crippen molar-refractivity contribution in [1.82, 2.24) is 10.2 Å². The molecule has 1 aromatic heterocycles. The SMILES string of the molecule is CC.CCc1cc(C2CCN(C/C(N)=C/NCCS(=O)(=O)c3ccccc3)[C@@H](C)C2)c(CCO)s1. The average molecular weight is 522 g/mol. The Morgan fingerprint density at radius 3 is 2.63 bits per heavy atom. The number of aliphatic hydroxyl groups excluding tert-OH is 1. The highest BCUT2D eigenvalue weighted by molar-refractivity contribution is 7.91. The highest BCUT2D eigenvalue weighted by Crippen LogP contribution is 2.37. The van der Waals surface area contributed by atoms with Crippen LogP contribution in [0.25, 0.3) is 0 Å². The van der Waals surface area contributed by atoms with Crippen LogP contribution in [0.5, 0.6) is 0 Å². The van der Waals surface area contributed by atoms with Crippen LogP contribution in [0.4, 0.5) is 0 Å². The molecule has 6 nitrogen and oxygen atoms in total. The zero-order valence-electron chi connectivity index (χ0n) is 21.7. The van der Waals surface area contributed by atoms with Gasteiger partial charge in [0.2, 0.25) is 0 Å². The molecule has 196 valence electrons. The van der Waals surface area contributed by atoms with E-state index in [2.05, 4.69) is 30.1 Å². The molecule has 3 rings (SSSR count). The molecule has 1 aromatic carbocycles. The molecule has 0 amide bonds. The number of hydrogen-bond donors (Lipinski definition) is 3. The van der Waals surface area contributed by atoms with E-state index in [1.165, 1.54) is 15.3 Å². The van der Waals surface area contributed by atoms with Crippen LogP contribution in [0.3, 0.4) is 0 Å². The first-order chi connectivity index (χ1) is 16.8. The Balaban J connectivity index is 0.00000210. The van der Waals surface area contributed by atoms with Crippen LogP contribution in [0, 0.1) is 0 Å². The van der Waals surface area contributed by atoms with E-state index in [0.717, 1.165) is 32.2 Å². The van der Waals surface area contributed by atoms with Crippen molar-refractivity contribution in [2.45, 2.75) is 70.2 Å².